The van der Waals surface area contributed by atoms with Crippen LogP contribution in [0, 0.1) is 0 Å². The van der Waals surface area contributed by atoms with Gasteiger partial charge in [-0.1, -0.05) is 42.5 Å². The quantitative estimate of drug-likeness (QED) is 0.800. The zero-order valence-electron chi connectivity index (χ0n) is 11.4. The first-order valence-corrected chi connectivity index (χ1v) is 6.44. The van der Waals surface area contributed by atoms with Gasteiger partial charge in [-0.2, -0.15) is 0 Å². The van der Waals surface area contributed by atoms with Crippen LogP contribution in [0.5, 0.6) is 5.75 Å². The SMILES string of the molecule is O=[C]C(NC(=O)NC(=O)c1ccccc1O)c1ccccc1. The van der Waals surface area contributed by atoms with Crippen LogP contribution in [0.1, 0.15) is 22.0 Å². The van der Waals surface area contributed by atoms with Crippen molar-refractivity contribution in [2.75, 3.05) is 0 Å². The molecule has 0 aliphatic heterocycles. The average molecular weight is 297 g/mol. The average Bonchev–Trinajstić information content (AvgIpc) is 2.53. The molecule has 3 N–H and O–H groups in total. The van der Waals surface area contributed by atoms with Crippen LogP contribution in [0.3, 0.4) is 0 Å². The van der Waals surface area contributed by atoms with Crippen molar-refractivity contribution in [1.82, 2.24) is 10.6 Å². The Bertz CT molecular complexity index is 686. The van der Waals surface area contributed by atoms with Crippen LogP contribution in [-0.4, -0.2) is 23.3 Å². The summed E-state index contributed by atoms with van der Waals surface area (Å²) in [6, 6.07) is 12.5. The molecule has 0 saturated heterocycles. The highest BCUT2D eigenvalue weighted by molar-refractivity contribution is 6.06. The smallest absolute Gasteiger partial charge is 0.322 e. The number of nitrogens with one attached hydrogen (secondary N) is 2. The fraction of sp³-hybridized carbons (Fsp3) is 0.0625. The highest BCUT2D eigenvalue weighted by Gasteiger charge is 2.18. The summed E-state index contributed by atoms with van der Waals surface area (Å²) in [4.78, 5) is 34.6. The molecule has 111 valence electrons. The van der Waals surface area contributed by atoms with Crippen molar-refractivity contribution in [3.05, 3.63) is 65.7 Å². The van der Waals surface area contributed by atoms with Gasteiger partial charge in [-0.25, -0.2) is 4.79 Å². The lowest BCUT2D eigenvalue weighted by Gasteiger charge is -2.13. The Labute approximate surface area is 126 Å². The number of carbonyl (C=O) groups is 2. The van der Waals surface area contributed by atoms with Crippen molar-refractivity contribution in [2.45, 2.75) is 6.04 Å². The minimum atomic E-state index is -0.988. The lowest BCUT2D eigenvalue weighted by Crippen LogP contribution is -2.41. The van der Waals surface area contributed by atoms with Crippen LogP contribution in [0.4, 0.5) is 4.79 Å². The van der Waals surface area contributed by atoms with E-state index in [9.17, 15) is 19.5 Å². The van der Waals surface area contributed by atoms with Crippen molar-refractivity contribution in [2.24, 2.45) is 0 Å². The van der Waals surface area contributed by atoms with Crippen molar-refractivity contribution < 1.29 is 19.5 Å². The number of phenols is 1. The Morgan fingerprint density at radius 1 is 1.00 bits per heavy atom. The fourth-order valence-corrected chi connectivity index (χ4v) is 1.83. The maximum atomic E-state index is 11.9. The molecule has 0 fully saturated rings. The third-order valence-electron chi connectivity index (χ3n) is 2.90. The number of urea groups is 1. The maximum Gasteiger partial charge on any atom is 0.322 e. The van der Waals surface area contributed by atoms with Gasteiger partial charge in [0.05, 0.1) is 5.56 Å². The predicted molar refractivity (Wildman–Crippen MR) is 79.0 cm³/mol. The second-order valence-corrected chi connectivity index (χ2v) is 4.41. The number of phenolic OH excluding ortho intramolecular Hbond substituents is 1. The zero-order chi connectivity index (χ0) is 15.9. The number of carbonyl (C=O) groups excluding carboxylic acids is 3. The molecule has 0 aromatic heterocycles. The summed E-state index contributed by atoms with van der Waals surface area (Å²) in [5, 5.41) is 13.9. The van der Waals surface area contributed by atoms with E-state index in [1.807, 2.05) is 5.32 Å². The minimum Gasteiger partial charge on any atom is -0.507 e. The standard InChI is InChI=1S/C16H13N2O4/c19-10-13(11-6-2-1-3-7-11)17-16(22)18-15(21)12-8-4-5-9-14(12)20/h1-9,13,20H,(H2,17,18,21,22). The van der Waals surface area contributed by atoms with Gasteiger partial charge >= 0.3 is 6.03 Å². The van der Waals surface area contributed by atoms with Crippen LogP contribution in [-0.2, 0) is 4.79 Å². The summed E-state index contributed by atoms with van der Waals surface area (Å²) in [6.45, 7) is 0. The Morgan fingerprint density at radius 2 is 1.64 bits per heavy atom. The van der Waals surface area contributed by atoms with Crippen LogP contribution in [0.25, 0.3) is 0 Å². The summed E-state index contributed by atoms with van der Waals surface area (Å²) in [7, 11) is 0. The molecule has 0 saturated carbocycles. The monoisotopic (exact) mass is 297 g/mol. The summed E-state index contributed by atoms with van der Waals surface area (Å²) >= 11 is 0. The van der Waals surface area contributed by atoms with E-state index >= 15 is 0 Å². The molecule has 6 nitrogen and oxygen atoms in total. The number of benzene rings is 2. The van der Waals surface area contributed by atoms with Crippen LogP contribution >= 0.6 is 0 Å². The van der Waals surface area contributed by atoms with Crippen molar-refractivity contribution in [1.29, 1.82) is 0 Å². The van der Waals surface area contributed by atoms with Crippen LogP contribution in [0.15, 0.2) is 54.6 Å². The summed E-state index contributed by atoms with van der Waals surface area (Å²) in [5.74, 6) is -1.01. The highest BCUT2D eigenvalue weighted by atomic mass is 16.3. The molecule has 0 heterocycles. The van der Waals surface area contributed by atoms with Gasteiger partial charge in [-0.15, -0.1) is 0 Å². The van der Waals surface area contributed by atoms with Gasteiger partial charge < -0.3 is 10.4 Å². The second-order valence-electron chi connectivity index (χ2n) is 4.41. The van der Waals surface area contributed by atoms with E-state index in [0.717, 1.165) is 0 Å². The first kappa shape index (κ1) is 15.2. The van der Waals surface area contributed by atoms with E-state index in [1.165, 1.54) is 12.1 Å². The molecule has 2 rings (SSSR count). The molecule has 0 spiro atoms. The molecule has 1 unspecified atom stereocenters. The molecule has 1 atom stereocenters. The normalized spacial score (nSPS) is 11.3. The number of imide groups is 1. The molecular formula is C16H13N2O4. The number of rotatable bonds is 4. The Morgan fingerprint density at radius 3 is 2.27 bits per heavy atom. The lowest BCUT2D eigenvalue weighted by atomic mass is 10.1. The topological polar surface area (TPSA) is 95.5 Å². The molecule has 0 aliphatic carbocycles. The van der Waals surface area contributed by atoms with Gasteiger partial charge in [-0.05, 0) is 17.7 Å². The van der Waals surface area contributed by atoms with E-state index in [-0.39, 0.29) is 11.3 Å². The summed E-state index contributed by atoms with van der Waals surface area (Å²) in [5.41, 5.74) is 0.506. The Balaban J connectivity index is 2.02. The van der Waals surface area contributed by atoms with Gasteiger partial charge in [0, 0.05) is 0 Å². The first-order valence-electron chi connectivity index (χ1n) is 6.44. The van der Waals surface area contributed by atoms with Crippen molar-refractivity contribution >= 4 is 18.2 Å². The van der Waals surface area contributed by atoms with Crippen LogP contribution < -0.4 is 10.6 Å². The molecule has 6 heteroatoms. The van der Waals surface area contributed by atoms with E-state index in [0.29, 0.717) is 5.56 Å². The van der Waals surface area contributed by atoms with E-state index < -0.39 is 18.0 Å². The molecule has 0 aliphatic rings. The second kappa shape index (κ2) is 7.03. The fourth-order valence-electron chi connectivity index (χ4n) is 1.83. The largest absolute Gasteiger partial charge is 0.507 e. The van der Waals surface area contributed by atoms with Crippen molar-refractivity contribution in [3.8, 4) is 5.75 Å². The van der Waals surface area contributed by atoms with Crippen LogP contribution in [0.2, 0.25) is 0 Å². The zero-order valence-corrected chi connectivity index (χ0v) is 11.4. The number of hydrogen-bond acceptors (Lipinski definition) is 4. The van der Waals surface area contributed by atoms with Gasteiger partial charge in [0.1, 0.15) is 11.8 Å². The first-order chi connectivity index (χ1) is 10.6. The molecule has 2 aromatic rings. The van der Waals surface area contributed by atoms with E-state index in [1.54, 1.807) is 48.8 Å². The van der Waals surface area contributed by atoms with E-state index in [4.69, 9.17) is 0 Å². The Kier molecular flexibility index (Phi) is 4.87. The molecule has 1 radical (unpaired) electrons. The van der Waals surface area contributed by atoms with Gasteiger partial charge in [0.25, 0.3) is 5.91 Å². The highest BCUT2D eigenvalue weighted by Crippen LogP contribution is 2.15. The minimum absolute atomic E-state index is 0.0380. The Hall–Kier alpha value is -3.15. The third-order valence-corrected chi connectivity index (χ3v) is 2.90. The molecule has 2 aromatic carbocycles. The molecule has 22 heavy (non-hydrogen) atoms. The maximum absolute atomic E-state index is 11.9. The number of hydrogen-bond donors (Lipinski definition) is 3. The number of amides is 3. The number of aromatic hydroxyl groups is 1. The third kappa shape index (κ3) is 3.69. The van der Waals surface area contributed by atoms with Gasteiger partial charge in [0.2, 0.25) is 6.29 Å². The predicted octanol–water partition coefficient (Wildman–Crippen LogP) is 1.68. The molecular weight excluding hydrogens is 284 g/mol. The van der Waals surface area contributed by atoms with E-state index in [2.05, 4.69) is 5.32 Å². The summed E-state index contributed by atoms with van der Waals surface area (Å²) in [6.07, 6.45) is 1.69. The molecule has 0 bridgehead atoms. The van der Waals surface area contributed by atoms with Crippen molar-refractivity contribution in [3.63, 3.8) is 0 Å². The number of para-hydroxylation sites is 1. The van der Waals surface area contributed by atoms with Gasteiger partial charge in [-0.3, -0.25) is 14.9 Å². The van der Waals surface area contributed by atoms with Gasteiger partial charge in [0.15, 0.2) is 0 Å². The summed E-state index contributed by atoms with van der Waals surface area (Å²) < 4.78 is 0. The molecule has 3 amide bonds. The lowest BCUT2D eigenvalue weighted by molar-refractivity contribution is 0.0961.